The Labute approximate surface area is 104 Å². The lowest BCUT2D eigenvalue weighted by Crippen LogP contribution is -2.53. The fraction of sp³-hybridized carbons (Fsp3) is 0.846. The Bertz CT molecular complexity index is 306. The quantitative estimate of drug-likeness (QED) is 0.731. The fourth-order valence-corrected chi connectivity index (χ4v) is 2.14. The number of carbonyl (C=O) groups is 1. The first-order valence-electron chi connectivity index (χ1n) is 6.33. The van der Waals surface area contributed by atoms with Crippen molar-refractivity contribution in [2.45, 2.75) is 40.2 Å². The van der Waals surface area contributed by atoms with E-state index in [9.17, 15) is 4.79 Å². The minimum absolute atomic E-state index is 0.00175. The second-order valence-corrected chi connectivity index (χ2v) is 5.63. The molecule has 0 radical (unpaired) electrons. The van der Waals surface area contributed by atoms with Gasteiger partial charge in [0.1, 0.15) is 0 Å². The molecule has 96 valence electrons. The topological polar surface area (TPSA) is 47.3 Å². The molecule has 1 heterocycles. The maximum Gasteiger partial charge on any atom is 0.228 e. The van der Waals surface area contributed by atoms with E-state index in [4.69, 9.17) is 5.26 Å². The number of hydrogen-bond acceptors (Lipinski definition) is 3. The van der Waals surface area contributed by atoms with Gasteiger partial charge in [0.2, 0.25) is 5.91 Å². The van der Waals surface area contributed by atoms with Crippen LogP contribution in [-0.2, 0) is 4.79 Å². The van der Waals surface area contributed by atoms with Gasteiger partial charge in [-0.05, 0) is 6.42 Å². The summed E-state index contributed by atoms with van der Waals surface area (Å²) < 4.78 is 0. The Morgan fingerprint density at radius 1 is 1.29 bits per heavy atom. The van der Waals surface area contributed by atoms with E-state index in [-0.39, 0.29) is 17.4 Å². The van der Waals surface area contributed by atoms with Crippen molar-refractivity contribution in [1.82, 2.24) is 9.80 Å². The predicted molar refractivity (Wildman–Crippen MR) is 67.3 cm³/mol. The van der Waals surface area contributed by atoms with E-state index in [1.165, 1.54) is 0 Å². The first-order chi connectivity index (χ1) is 7.90. The van der Waals surface area contributed by atoms with Crippen LogP contribution in [0.2, 0.25) is 0 Å². The van der Waals surface area contributed by atoms with Gasteiger partial charge in [0.15, 0.2) is 0 Å². The van der Waals surface area contributed by atoms with Crippen LogP contribution in [-0.4, -0.2) is 47.9 Å². The fourth-order valence-electron chi connectivity index (χ4n) is 2.14. The molecule has 4 heteroatoms. The van der Waals surface area contributed by atoms with Crippen LogP contribution in [0.15, 0.2) is 0 Å². The first kappa shape index (κ1) is 14.0. The lowest BCUT2D eigenvalue weighted by atomic mass is 9.94. The van der Waals surface area contributed by atoms with E-state index < -0.39 is 0 Å². The highest BCUT2D eigenvalue weighted by atomic mass is 16.2. The summed E-state index contributed by atoms with van der Waals surface area (Å²) in [5.74, 6) is 0.210. The smallest absolute Gasteiger partial charge is 0.228 e. The molecule has 0 N–H and O–H groups in total. The molecule has 1 unspecified atom stereocenters. The zero-order valence-corrected chi connectivity index (χ0v) is 11.4. The summed E-state index contributed by atoms with van der Waals surface area (Å²) in [6.07, 6.45) is 0.851. The summed E-state index contributed by atoms with van der Waals surface area (Å²) in [6.45, 7) is 11.0. The average Bonchev–Trinajstić information content (AvgIpc) is 2.29. The van der Waals surface area contributed by atoms with Gasteiger partial charge in [-0.15, -0.1) is 0 Å². The second kappa shape index (κ2) is 5.50. The number of hydrogen-bond donors (Lipinski definition) is 0. The van der Waals surface area contributed by atoms with Crippen molar-refractivity contribution in [3.63, 3.8) is 0 Å². The highest BCUT2D eigenvalue weighted by Gasteiger charge is 2.31. The summed E-state index contributed by atoms with van der Waals surface area (Å²) in [7, 11) is 0. The Hall–Kier alpha value is -1.08. The number of nitrogens with zero attached hydrogens (tertiary/aromatic N) is 3. The molecule has 0 spiro atoms. The molecule has 1 aliphatic heterocycles. The number of rotatable bonds is 2. The zero-order valence-electron chi connectivity index (χ0n) is 11.4. The number of carbonyl (C=O) groups excluding carboxylic acids is 1. The maximum atomic E-state index is 12.1. The molecule has 1 saturated heterocycles. The van der Waals surface area contributed by atoms with Gasteiger partial charge in [0.25, 0.3) is 0 Å². The average molecular weight is 237 g/mol. The van der Waals surface area contributed by atoms with Gasteiger partial charge in [-0.1, -0.05) is 27.7 Å². The van der Waals surface area contributed by atoms with Gasteiger partial charge >= 0.3 is 0 Å². The number of nitriles is 1. The van der Waals surface area contributed by atoms with Crippen LogP contribution in [0.25, 0.3) is 0 Å². The Morgan fingerprint density at radius 2 is 1.82 bits per heavy atom. The van der Waals surface area contributed by atoms with E-state index in [0.29, 0.717) is 0 Å². The van der Waals surface area contributed by atoms with Gasteiger partial charge in [-0.3, -0.25) is 9.69 Å². The van der Waals surface area contributed by atoms with Crippen molar-refractivity contribution in [1.29, 1.82) is 5.26 Å². The van der Waals surface area contributed by atoms with Crippen molar-refractivity contribution < 1.29 is 4.79 Å². The monoisotopic (exact) mass is 237 g/mol. The van der Waals surface area contributed by atoms with E-state index in [1.807, 2.05) is 32.6 Å². The standard InChI is InChI=1S/C13H23N3O/c1-5-11(10-14)15-6-8-16(9-7-15)12(17)13(2,3)4/h11H,5-9H2,1-4H3. The van der Waals surface area contributed by atoms with Crippen LogP contribution in [0.1, 0.15) is 34.1 Å². The molecule has 0 aromatic rings. The summed E-state index contributed by atoms with van der Waals surface area (Å²) in [4.78, 5) is 16.2. The van der Waals surface area contributed by atoms with E-state index in [2.05, 4.69) is 11.0 Å². The van der Waals surface area contributed by atoms with Crippen LogP contribution in [0.5, 0.6) is 0 Å². The molecule has 17 heavy (non-hydrogen) atoms. The minimum Gasteiger partial charge on any atom is -0.340 e. The SMILES string of the molecule is CCC(C#N)N1CCN(C(=O)C(C)(C)C)CC1. The Balaban J connectivity index is 2.52. The Morgan fingerprint density at radius 3 is 2.18 bits per heavy atom. The van der Waals surface area contributed by atoms with E-state index >= 15 is 0 Å². The van der Waals surface area contributed by atoms with Gasteiger partial charge < -0.3 is 4.90 Å². The normalized spacial score (nSPS) is 19.8. The van der Waals surface area contributed by atoms with Crippen molar-refractivity contribution in [2.75, 3.05) is 26.2 Å². The molecule has 1 aliphatic rings. The molecule has 1 fully saturated rings. The molecule has 1 atom stereocenters. The van der Waals surface area contributed by atoms with Crippen molar-refractivity contribution >= 4 is 5.91 Å². The number of amides is 1. The largest absolute Gasteiger partial charge is 0.340 e. The zero-order chi connectivity index (χ0) is 13.1. The molecular formula is C13H23N3O. The molecule has 0 saturated carbocycles. The first-order valence-corrected chi connectivity index (χ1v) is 6.33. The molecule has 0 aromatic carbocycles. The molecular weight excluding hydrogens is 214 g/mol. The summed E-state index contributed by atoms with van der Waals surface area (Å²) in [6, 6.07) is 2.32. The maximum absolute atomic E-state index is 12.1. The molecule has 1 amide bonds. The molecule has 1 rings (SSSR count). The highest BCUT2D eigenvalue weighted by Crippen LogP contribution is 2.19. The minimum atomic E-state index is -0.304. The second-order valence-electron chi connectivity index (χ2n) is 5.63. The van der Waals surface area contributed by atoms with E-state index in [0.717, 1.165) is 32.6 Å². The van der Waals surface area contributed by atoms with Crippen molar-refractivity contribution in [3.8, 4) is 6.07 Å². The molecule has 4 nitrogen and oxygen atoms in total. The van der Waals surface area contributed by atoms with Gasteiger partial charge in [0, 0.05) is 31.6 Å². The van der Waals surface area contributed by atoms with Crippen LogP contribution in [0.3, 0.4) is 0 Å². The van der Waals surface area contributed by atoms with Crippen LogP contribution >= 0.6 is 0 Å². The predicted octanol–water partition coefficient (Wildman–Crippen LogP) is 1.48. The van der Waals surface area contributed by atoms with Crippen molar-refractivity contribution in [2.24, 2.45) is 5.41 Å². The van der Waals surface area contributed by atoms with E-state index in [1.54, 1.807) is 0 Å². The number of piperazine rings is 1. The van der Waals surface area contributed by atoms with Crippen LogP contribution in [0.4, 0.5) is 0 Å². The third-order valence-corrected chi connectivity index (χ3v) is 3.22. The Kier molecular flexibility index (Phi) is 4.53. The van der Waals surface area contributed by atoms with Gasteiger partial charge in [0.05, 0.1) is 12.1 Å². The lowest BCUT2D eigenvalue weighted by Gasteiger charge is -2.39. The van der Waals surface area contributed by atoms with Crippen LogP contribution < -0.4 is 0 Å². The van der Waals surface area contributed by atoms with Crippen molar-refractivity contribution in [3.05, 3.63) is 0 Å². The van der Waals surface area contributed by atoms with Gasteiger partial charge in [-0.2, -0.15) is 5.26 Å². The molecule has 0 bridgehead atoms. The molecule has 0 aliphatic carbocycles. The summed E-state index contributed by atoms with van der Waals surface area (Å²) >= 11 is 0. The van der Waals surface area contributed by atoms with Gasteiger partial charge in [-0.25, -0.2) is 0 Å². The third-order valence-electron chi connectivity index (χ3n) is 3.22. The third kappa shape index (κ3) is 3.44. The summed E-state index contributed by atoms with van der Waals surface area (Å²) in [5.41, 5.74) is -0.304. The highest BCUT2D eigenvalue weighted by molar-refractivity contribution is 5.81. The van der Waals surface area contributed by atoms with Crippen LogP contribution in [0, 0.1) is 16.7 Å². The summed E-state index contributed by atoms with van der Waals surface area (Å²) in [5, 5.41) is 9.01. The lowest BCUT2D eigenvalue weighted by molar-refractivity contribution is -0.141. The molecule has 0 aromatic heterocycles.